The number of aromatic nitrogens is 2. The zero-order chi connectivity index (χ0) is 14.8. The molecule has 3 aromatic rings. The van der Waals surface area contributed by atoms with Crippen LogP contribution in [0, 0.1) is 10.1 Å². The fraction of sp³-hybridized carbons (Fsp3) is 0.0667. The van der Waals surface area contributed by atoms with E-state index in [1.165, 1.54) is 19.2 Å². The third-order valence-electron chi connectivity index (χ3n) is 3.10. The molecule has 0 amide bonds. The van der Waals surface area contributed by atoms with Crippen molar-refractivity contribution in [3.8, 4) is 17.3 Å². The van der Waals surface area contributed by atoms with Gasteiger partial charge in [-0.2, -0.15) is 9.97 Å². The number of benzene rings is 2. The molecule has 1 aromatic heterocycles. The van der Waals surface area contributed by atoms with E-state index in [2.05, 4.69) is 9.97 Å². The van der Waals surface area contributed by atoms with E-state index in [4.69, 9.17) is 4.74 Å². The van der Waals surface area contributed by atoms with Gasteiger partial charge in [0.05, 0.1) is 23.2 Å². The molecule has 6 nitrogen and oxygen atoms in total. The summed E-state index contributed by atoms with van der Waals surface area (Å²) in [5, 5.41) is 11.6. The number of nitro groups is 1. The molecule has 0 N–H and O–H groups in total. The van der Waals surface area contributed by atoms with Gasteiger partial charge in [-0.05, 0) is 6.07 Å². The molecule has 0 aliphatic heterocycles. The normalized spacial score (nSPS) is 10.5. The lowest BCUT2D eigenvalue weighted by atomic mass is 10.1. The van der Waals surface area contributed by atoms with Crippen LogP contribution in [0.3, 0.4) is 0 Å². The first-order valence-electron chi connectivity index (χ1n) is 6.24. The van der Waals surface area contributed by atoms with Crippen LogP contribution in [0.25, 0.3) is 22.2 Å². The summed E-state index contributed by atoms with van der Waals surface area (Å²) in [5.41, 5.74) is 2.07. The fourth-order valence-corrected chi connectivity index (χ4v) is 2.12. The lowest BCUT2D eigenvalue weighted by molar-refractivity contribution is -0.384. The molecule has 0 radical (unpaired) electrons. The largest absolute Gasteiger partial charge is 0.467 e. The zero-order valence-corrected chi connectivity index (χ0v) is 11.2. The van der Waals surface area contributed by atoms with Gasteiger partial charge in [-0.25, -0.2) is 0 Å². The molecule has 0 aliphatic rings. The number of non-ortho nitro benzene ring substituents is 1. The minimum absolute atomic E-state index is 0.00782. The number of methoxy groups -OCH3 is 1. The predicted octanol–water partition coefficient (Wildman–Crippen LogP) is 3.21. The van der Waals surface area contributed by atoms with Crippen LogP contribution < -0.4 is 4.74 Å². The van der Waals surface area contributed by atoms with Gasteiger partial charge in [-0.3, -0.25) is 10.1 Å². The molecule has 0 saturated carbocycles. The summed E-state index contributed by atoms with van der Waals surface area (Å²) in [4.78, 5) is 19.1. The monoisotopic (exact) mass is 281 g/mol. The summed E-state index contributed by atoms with van der Waals surface area (Å²) in [5.74, 6) is 0. The van der Waals surface area contributed by atoms with E-state index >= 15 is 0 Å². The summed E-state index contributed by atoms with van der Waals surface area (Å²) < 4.78 is 5.11. The maximum absolute atomic E-state index is 11.0. The Morgan fingerprint density at radius 1 is 1.10 bits per heavy atom. The third-order valence-corrected chi connectivity index (χ3v) is 3.10. The first kappa shape index (κ1) is 13.0. The highest BCUT2D eigenvalue weighted by Crippen LogP contribution is 2.30. The molecule has 0 saturated heterocycles. The highest BCUT2D eigenvalue weighted by Gasteiger charge is 2.14. The maximum atomic E-state index is 11.0. The smallest absolute Gasteiger partial charge is 0.317 e. The summed E-state index contributed by atoms with van der Waals surface area (Å²) in [6.07, 6.45) is 0. The van der Waals surface area contributed by atoms with Gasteiger partial charge < -0.3 is 4.74 Å². The minimum atomic E-state index is -0.432. The molecule has 3 rings (SSSR count). The van der Waals surface area contributed by atoms with Gasteiger partial charge in [0.15, 0.2) is 0 Å². The van der Waals surface area contributed by atoms with Crippen molar-refractivity contribution in [2.45, 2.75) is 0 Å². The predicted molar refractivity (Wildman–Crippen MR) is 78.2 cm³/mol. The SMILES string of the molecule is COc1nc(-c2ccccc2)c2cc([N+](=O)[O-])ccc2n1. The van der Waals surface area contributed by atoms with Crippen molar-refractivity contribution in [3.05, 3.63) is 58.6 Å². The molecule has 2 aromatic carbocycles. The first-order chi connectivity index (χ1) is 10.2. The van der Waals surface area contributed by atoms with Crippen LogP contribution in [-0.4, -0.2) is 22.0 Å². The lowest BCUT2D eigenvalue weighted by Gasteiger charge is -2.07. The van der Waals surface area contributed by atoms with Gasteiger partial charge in [0, 0.05) is 23.1 Å². The van der Waals surface area contributed by atoms with E-state index in [-0.39, 0.29) is 11.7 Å². The molecule has 0 spiro atoms. The van der Waals surface area contributed by atoms with E-state index in [9.17, 15) is 10.1 Å². The van der Waals surface area contributed by atoms with Gasteiger partial charge in [0.2, 0.25) is 0 Å². The number of fused-ring (bicyclic) bond motifs is 1. The molecule has 0 unspecified atom stereocenters. The zero-order valence-electron chi connectivity index (χ0n) is 11.2. The van der Waals surface area contributed by atoms with E-state index in [0.29, 0.717) is 16.6 Å². The van der Waals surface area contributed by atoms with Crippen molar-refractivity contribution in [2.24, 2.45) is 0 Å². The topological polar surface area (TPSA) is 78.2 Å². The van der Waals surface area contributed by atoms with Crippen LogP contribution >= 0.6 is 0 Å². The molecule has 0 atom stereocenters. The van der Waals surface area contributed by atoms with Crippen LogP contribution in [0.2, 0.25) is 0 Å². The molecular formula is C15H11N3O3. The Morgan fingerprint density at radius 2 is 1.86 bits per heavy atom. The summed E-state index contributed by atoms with van der Waals surface area (Å²) >= 11 is 0. The summed E-state index contributed by atoms with van der Waals surface area (Å²) in [6.45, 7) is 0. The Hall–Kier alpha value is -3.02. The van der Waals surface area contributed by atoms with Crippen molar-refractivity contribution in [2.75, 3.05) is 7.11 Å². The summed E-state index contributed by atoms with van der Waals surface area (Å²) in [6, 6.07) is 14.2. The van der Waals surface area contributed by atoms with Crippen LogP contribution in [0.1, 0.15) is 0 Å². The van der Waals surface area contributed by atoms with Crippen molar-refractivity contribution in [1.82, 2.24) is 9.97 Å². The quantitative estimate of drug-likeness (QED) is 0.544. The number of rotatable bonds is 3. The van der Waals surface area contributed by atoms with Gasteiger partial charge in [-0.1, -0.05) is 30.3 Å². The first-order valence-corrected chi connectivity index (χ1v) is 6.24. The number of nitro benzene ring substituents is 1. The van der Waals surface area contributed by atoms with Crippen LogP contribution in [0.15, 0.2) is 48.5 Å². The molecular weight excluding hydrogens is 270 g/mol. The third kappa shape index (κ3) is 2.38. The lowest BCUT2D eigenvalue weighted by Crippen LogP contribution is -1.97. The number of nitrogens with zero attached hydrogens (tertiary/aromatic N) is 3. The van der Waals surface area contributed by atoms with Crippen LogP contribution in [0.4, 0.5) is 5.69 Å². The van der Waals surface area contributed by atoms with Crippen molar-refractivity contribution >= 4 is 16.6 Å². The van der Waals surface area contributed by atoms with Crippen LogP contribution in [-0.2, 0) is 0 Å². The van der Waals surface area contributed by atoms with Gasteiger partial charge in [0.25, 0.3) is 5.69 Å². The van der Waals surface area contributed by atoms with E-state index < -0.39 is 4.92 Å². The van der Waals surface area contributed by atoms with Crippen molar-refractivity contribution in [1.29, 1.82) is 0 Å². The van der Waals surface area contributed by atoms with Crippen LogP contribution in [0.5, 0.6) is 6.01 Å². The van der Waals surface area contributed by atoms with Gasteiger partial charge in [-0.15, -0.1) is 0 Å². The molecule has 21 heavy (non-hydrogen) atoms. The molecule has 104 valence electrons. The fourth-order valence-electron chi connectivity index (χ4n) is 2.12. The number of hydrogen-bond donors (Lipinski definition) is 0. The Labute approximate surface area is 120 Å². The van der Waals surface area contributed by atoms with Crippen molar-refractivity contribution < 1.29 is 9.66 Å². The van der Waals surface area contributed by atoms with E-state index in [0.717, 1.165) is 5.56 Å². The second-order valence-electron chi connectivity index (χ2n) is 4.38. The Kier molecular flexibility index (Phi) is 3.19. The van der Waals surface area contributed by atoms with E-state index in [1.807, 2.05) is 30.3 Å². The molecule has 6 heteroatoms. The average Bonchev–Trinajstić information content (AvgIpc) is 2.54. The van der Waals surface area contributed by atoms with E-state index in [1.54, 1.807) is 6.07 Å². The molecule has 0 aliphatic carbocycles. The molecule has 0 bridgehead atoms. The Balaban J connectivity index is 2.33. The second-order valence-corrected chi connectivity index (χ2v) is 4.38. The highest BCUT2D eigenvalue weighted by molar-refractivity contribution is 5.93. The highest BCUT2D eigenvalue weighted by atomic mass is 16.6. The second kappa shape index (κ2) is 5.16. The standard InChI is InChI=1S/C15H11N3O3/c1-21-15-16-13-8-7-11(18(19)20)9-12(13)14(17-15)10-5-3-2-4-6-10/h2-9H,1H3. The number of hydrogen-bond acceptors (Lipinski definition) is 5. The average molecular weight is 281 g/mol. The summed E-state index contributed by atoms with van der Waals surface area (Å²) in [7, 11) is 1.49. The maximum Gasteiger partial charge on any atom is 0.317 e. The van der Waals surface area contributed by atoms with Crippen molar-refractivity contribution in [3.63, 3.8) is 0 Å². The molecule has 1 heterocycles. The minimum Gasteiger partial charge on any atom is -0.467 e. The Morgan fingerprint density at radius 3 is 2.52 bits per heavy atom. The Bertz CT molecular complexity index is 819. The van der Waals surface area contributed by atoms with Gasteiger partial charge >= 0.3 is 6.01 Å². The molecule has 0 fully saturated rings. The number of ether oxygens (including phenoxy) is 1. The van der Waals surface area contributed by atoms with Gasteiger partial charge in [0.1, 0.15) is 0 Å².